The number of carbonyl (C=O) groups is 1. The van der Waals surface area contributed by atoms with E-state index in [0.29, 0.717) is 5.56 Å². The van der Waals surface area contributed by atoms with Gasteiger partial charge in [0, 0.05) is 18.9 Å². The number of aryl methyl sites for hydroxylation is 1. The highest BCUT2D eigenvalue weighted by Crippen LogP contribution is 2.34. The van der Waals surface area contributed by atoms with Crippen LogP contribution in [0.1, 0.15) is 40.4 Å². The number of hydrogen-bond donors (Lipinski definition) is 0. The summed E-state index contributed by atoms with van der Waals surface area (Å²) in [6.07, 6.45) is 8.91. The highest BCUT2D eigenvalue weighted by Gasteiger charge is 2.31. The lowest BCUT2D eigenvalue weighted by molar-refractivity contribution is 0.0735. The summed E-state index contributed by atoms with van der Waals surface area (Å²) < 4.78 is 1.69. The van der Waals surface area contributed by atoms with Crippen LogP contribution in [0, 0.1) is 6.92 Å². The standard InChI is InChI=1S/C20H20N4O/c1-15-6-2-3-8-18(15)19-9-5-11-23(19)20(25)16-12-22-24(14-16)17-7-4-10-21-13-17/h2-4,6-8,10,12-14,19H,5,9,11H2,1H3/t19-/m0/s1. The normalized spacial score (nSPS) is 17.0. The molecular formula is C20H20N4O. The van der Waals surface area contributed by atoms with Crippen LogP contribution in [-0.4, -0.2) is 32.1 Å². The van der Waals surface area contributed by atoms with Crippen LogP contribution in [0.15, 0.2) is 61.2 Å². The van der Waals surface area contributed by atoms with Gasteiger partial charge in [-0.3, -0.25) is 9.78 Å². The summed E-state index contributed by atoms with van der Waals surface area (Å²) in [5.41, 5.74) is 3.94. The Kier molecular flexibility index (Phi) is 4.06. The molecule has 1 aliphatic rings. The molecule has 0 saturated carbocycles. The molecule has 3 aromatic rings. The van der Waals surface area contributed by atoms with Crippen molar-refractivity contribution in [1.82, 2.24) is 19.7 Å². The molecule has 25 heavy (non-hydrogen) atoms. The quantitative estimate of drug-likeness (QED) is 0.737. The topological polar surface area (TPSA) is 51.0 Å². The van der Waals surface area contributed by atoms with E-state index in [1.165, 1.54) is 11.1 Å². The summed E-state index contributed by atoms with van der Waals surface area (Å²) in [6, 6.07) is 12.2. The van der Waals surface area contributed by atoms with Crippen molar-refractivity contribution in [3.8, 4) is 5.69 Å². The van der Waals surface area contributed by atoms with E-state index in [-0.39, 0.29) is 11.9 Å². The van der Waals surface area contributed by atoms with Gasteiger partial charge in [0.2, 0.25) is 0 Å². The first-order chi connectivity index (χ1) is 12.2. The fourth-order valence-corrected chi connectivity index (χ4v) is 3.52. The zero-order valence-corrected chi connectivity index (χ0v) is 14.2. The molecular weight excluding hydrogens is 312 g/mol. The molecule has 0 unspecified atom stereocenters. The van der Waals surface area contributed by atoms with E-state index < -0.39 is 0 Å². The van der Waals surface area contributed by atoms with Crippen molar-refractivity contribution < 1.29 is 4.79 Å². The maximum absolute atomic E-state index is 13.0. The first-order valence-electron chi connectivity index (χ1n) is 8.55. The lowest BCUT2D eigenvalue weighted by Crippen LogP contribution is -2.30. The predicted octanol–water partition coefficient (Wildman–Crippen LogP) is 3.55. The monoisotopic (exact) mass is 332 g/mol. The number of pyridine rings is 1. The van der Waals surface area contributed by atoms with Crippen LogP contribution in [0.2, 0.25) is 0 Å². The second-order valence-electron chi connectivity index (χ2n) is 6.40. The summed E-state index contributed by atoms with van der Waals surface area (Å²) >= 11 is 0. The molecule has 1 fully saturated rings. The molecule has 2 aromatic heterocycles. The molecule has 1 amide bonds. The van der Waals surface area contributed by atoms with E-state index in [9.17, 15) is 4.79 Å². The van der Waals surface area contributed by atoms with E-state index in [1.54, 1.807) is 29.5 Å². The minimum absolute atomic E-state index is 0.0425. The number of nitrogens with zero attached hydrogens (tertiary/aromatic N) is 4. The van der Waals surface area contributed by atoms with Crippen LogP contribution in [0.3, 0.4) is 0 Å². The van der Waals surface area contributed by atoms with Crippen LogP contribution in [0.25, 0.3) is 5.69 Å². The van der Waals surface area contributed by atoms with Gasteiger partial charge in [-0.25, -0.2) is 4.68 Å². The van der Waals surface area contributed by atoms with E-state index in [1.807, 2.05) is 29.2 Å². The summed E-state index contributed by atoms with van der Waals surface area (Å²) in [4.78, 5) is 19.1. The molecule has 3 heterocycles. The van der Waals surface area contributed by atoms with E-state index in [0.717, 1.165) is 25.1 Å². The summed E-state index contributed by atoms with van der Waals surface area (Å²) in [5, 5.41) is 4.32. The molecule has 4 rings (SSSR count). The largest absolute Gasteiger partial charge is 0.331 e. The maximum Gasteiger partial charge on any atom is 0.257 e. The molecule has 5 nitrogen and oxygen atoms in total. The van der Waals surface area contributed by atoms with Gasteiger partial charge in [0.25, 0.3) is 5.91 Å². The van der Waals surface area contributed by atoms with Crippen molar-refractivity contribution in [2.75, 3.05) is 6.54 Å². The lowest BCUT2D eigenvalue weighted by atomic mass is 9.99. The first-order valence-corrected chi connectivity index (χ1v) is 8.55. The third-order valence-electron chi connectivity index (χ3n) is 4.80. The molecule has 0 radical (unpaired) electrons. The molecule has 0 N–H and O–H groups in total. The third kappa shape index (κ3) is 2.93. The van der Waals surface area contributed by atoms with Crippen LogP contribution >= 0.6 is 0 Å². The Hall–Kier alpha value is -2.95. The Morgan fingerprint density at radius 1 is 1.16 bits per heavy atom. The van der Waals surface area contributed by atoms with Crippen molar-refractivity contribution in [2.24, 2.45) is 0 Å². The SMILES string of the molecule is Cc1ccccc1[C@@H]1CCCN1C(=O)c1cnn(-c2cccnc2)c1. The van der Waals surface area contributed by atoms with Gasteiger partial charge in [-0.15, -0.1) is 0 Å². The van der Waals surface area contributed by atoms with Crippen molar-refractivity contribution >= 4 is 5.91 Å². The highest BCUT2D eigenvalue weighted by molar-refractivity contribution is 5.94. The van der Waals surface area contributed by atoms with Gasteiger partial charge < -0.3 is 4.90 Å². The number of likely N-dealkylation sites (tertiary alicyclic amines) is 1. The molecule has 1 saturated heterocycles. The van der Waals surface area contributed by atoms with Gasteiger partial charge in [-0.05, 0) is 43.0 Å². The van der Waals surface area contributed by atoms with Gasteiger partial charge in [-0.2, -0.15) is 5.10 Å². The molecule has 1 aromatic carbocycles. The molecule has 1 atom stereocenters. The minimum atomic E-state index is 0.0425. The molecule has 0 aliphatic carbocycles. The molecule has 0 bridgehead atoms. The molecule has 126 valence electrons. The average molecular weight is 332 g/mol. The molecule has 5 heteroatoms. The Bertz CT molecular complexity index is 887. The summed E-state index contributed by atoms with van der Waals surface area (Å²) in [5.74, 6) is 0.0425. The second kappa shape index (κ2) is 6.51. The molecule has 0 spiro atoms. The smallest absolute Gasteiger partial charge is 0.257 e. The van der Waals surface area contributed by atoms with Crippen molar-refractivity contribution in [2.45, 2.75) is 25.8 Å². The van der Waals surface area contributed by atoms with Gasteiger partial charge in [0.1, 0.15) is 0 Å². The van der Waals surface area contributed by atoms with Crippen LogP contribution in [0.5, 0.6) is 0 Å². The molecule has 1 aliphatic heterocycles. The van der Waals surface area contributed by atoms with Crippen LogP contribution in [-0.2, 0) is 0 Å². The Labute approximate surface area is 146 Å². The van der Waals surface area contributed by atoms with Crippen molar-refractivity contribution in [1.29, 1.82) is 0 Å². The van der Waals surface area contributed by atoms with E-state index >= 15 is 0 Å². The zero-order valence-electron chi connectivity index (χ0n) is 14.2. The number of carbonyl (C=O) groups excluding carboxylic acids is 1. The van der Waals surface area contributed by atoms with Gasteiger partial charge >= 0.3 is 0 Å². The lowest BCUT2D eigenvalue weighted by Gasteiger charge is -2.26. The predicted molar refractivity (Wildman–Crippen MR) is 95.5 cm³/mol. The minimum Gasteiger partial charge on any atom is -0.331 e. The number of rotatable bonds is 3. The fourth-order valence-electron chi connectivity index (χ4n) is 3.52. The first kappa shape index (κ1) is 15.6. The van der Waals surface area contributed by atoms with Gasteiger partial charge in [0.15, 0.2) is 0 Å². The van der Waals surface area contributed by atoms with E-state index in [2.05, 4.69) is 29.1 Å². The number of benzene rings is 1. The highest BCUT2D eigenvalue weighted by atomic mass is 16.2. The summed E-state index contributed by atoms with van der Waals surface area (Å²) in [6.45, 7) is 2.90. The van der Waals surface area contributed by atoms with Crippen molar-refractivity contribution in [3.63, 3.8) is 0 Å². The Morgan fingerprint density at radius 3 is 2.84 bits per heavy atom. The van der Waals surface area contributed by atoms with Gasteiger partial charge in [-0.1, -0.05) is 24.3 Å². The average Bonchev–Trinajstić information content (AvgIpc) is 3.32. The van der Waals surface area contributed by atoms with Crippen LogP contribution in [0.4, 0.5) is 0 Å². The summed E-state index contributed by atoms with van der Waals surface area (Å²) in [7, 11) is 0. The van der Waals surface area contributed by atoms with Crippen molar-refractivity contribution in [3.05, 3.63) is 77.9 Å². The number of hydrogen-bond acceptors (Lipinski definition) is 3. The fraction of sp³-hybridized carbons (Fsp3) is 0.250. The second-order valence-corrected chi connectivity index (χ2v) is 6.40. The number of aromatic nitrogens is 3. The zero-order chi connectivity index (χ0) is 17.2. The van der Waals surface area contributed by atoms with Crippen LogP contribution < -0.4 is 0 Å². The third-order valence-corrected chi connectivity index (χ3v) is 4.80. The number of amides is 1. The maximum atomic E-state index is 13.0. The Morgan fingerprint density at radius 2 is 2.04 bits per heavy atom. The van der Waals surface area contributed by atoms with Gasteiger partial charge in [0.05, 0.1) is 29.7 Å². The Balaban J connectivity index is 1.60. The van der Waals surface area contributed by atoms with E-state index in [4.69, 9.17) is 0 Å².